The number of benzene rings is 1. The van der Waals surface area contributed by atoms with Gasteiger partial charge in [0.1, 0.15) is 5.82 Å². The highest BCUT2D eigenvalue weighted by Gasteiger charge is 2.15. The lowest BCUT2D eigenvalue weighted by molar-refractivity contribution is 0.210. The lowest BCUT2D eigenvalue weighted by atomic mass is 10.0. The maximum absolute atomic E-state index is 14.1. The number of amides is 2. The topological polar surface area (TPSA) is 113 Å². The third-order valence-corrected chi connectivity index (χ3v) is 5.56. The Hall–Kier alpha value is -3.31. The SMILES string of the molecule is CCNC(=O)NCc1cc(F)ccc1-c1cc(-c2cnc(NC(C)C)s2)nc(NCCOC)n1. The summed E-state index contributed by atoms with van der Waals surface area (Å²) in [5.41, 5.74) is 2.59. The molecule has 1 aromatic carbocycles. The van der Waals surface area contributed by atoms with Crippen molar-refractivity contribution in [2.24, 2.45) is 0 Å². The molecule has 11 heteroatoms. The van der Waals surface area contributed by atoms with Crippen molar-refractivity contribution in [2.75, 3.05) is 37.4 Å². The third kappa shape index (κ3) is 7.09. The van der Waals surface area contributed by atoms with Crippen molar-refractivity contribution in [3.05, 3.63) is 41.8 Å². The van der Waals surface area contributed by atoms with E-state index < -0.39 is 5.82 Å². The Bertz CT molecular complexity index is 1110. The monoisotopic (exact) mass is 487 g/mol. The first kappa shape index (κ1) is 25.3. The van der Waals surface area contributed by atoms with Crippen molar-refractivity contribution in [3.63, 3.8) is 0 Å². The number of rotatable bonds is 11. The summed E-state index contributed by atoms with van der Waals surface area (Å²) in [6.07, 6.45) is 1.77. The minimum atomic E-state index is -0.393. The van der Waals surface area contributed by atoms with Crippen LogP contribution in [0.2, 0.25) is 0 Å². The molecule has 0 unspecified atom stereocenters. The number of hydrogen-bond acceptors (Lipinski definition) is 8. The molecule has 182 valence electrons. The van der Waals surface area contributed by atoms with Crippen molar-refractivity contribution >= 4 is 28.4 Å². The van der Waals surface area contributed by atoms with Crippen molar-refractivity contribution in [1.82, 2.24) is 25.6 Å². The molecule has 0 saturated heterocycles. The summed E-state index contributed by atoms with van der Waals surface area (Å²) in [4.78, 5) is 26.5. The van der Waals surface area contributed by atoms with Gasteiger partial charge in [-0.2, -0.15) is 0 Å². The zero-order valence-corrected chi connectivity index (χ0v) is 20.6. The van der Waals surface area contributed by atoms with Crippen LogP contribution in [-0.4, -0.2) is 53.8 Å². The Morgan fingerprint density at radius 3 is 2.71 bits per heavy atom. The Balaban J connectivity index is 1.99. The van der Waals surface area contributed by atoms with E-state index in [-0.39, 0.29) is 18.6 Å². The Morgan fingerprint density at radius 1 is 1.18 bits per heavy atom. The summed E-state index contributed by atoms with van der Waals surface area (Å²) in [7, 11) is 1.62. The second-order valence-electron chi connectivity index (χ2n) is 7.72. The molecule has 2 heterocycles. The van der Waals surface area contributed by atoms with E-state index in [4.69, 9.17) is 4.74 Å². The van der Waals surface area contributed by atoms with Gasteiger partial charge in [-0.05, 0) is 50.6 Å². The zero-order chi connectivity index (χ0) is 24.5. The predicted molar refractivity (Wildman–Crippen MR) is 134 cm³/mol. The van der Waals surface area contributed by atoms with E-state index in [0.717, 1.165) is 10.0 Å². The molecular weight excluding hydrogens is 457 g/mol. The molecule has 0 atom stereocenters. The number of aromatic nitrogens is 3. The lowest BCUT2D eigenvalue weighted by Crippen LogP contribution is -2.34. The molecule has 2 aromatic heterocycles. The van der Waals surface area contributed by atoms with Crippen molar-refractivity contribution in [2.45, 2.75) is 33.4 Å². The fourth-order valence-electron chi connectivity index (χ4n) is 3.12. The van der Waals surface area contributed by atoms with Gasteiger partial charge >= 0.3 is 6.03 Å². The fraction of sp³-hybridized carbons (Fsp3) is 0.391. The number of anilines is 2. The molecule has 0 radical (unpaired) electrons. The summed E-state index contributed by atoms with van der Waals surface area (Å²) in [6, 6.07) is 6.22. The minimum Gasteiger partial charge on any atom is -0.383 e. The summed E-state index contributed by atoms with van der Waals surface area (Å²) in [5, 5.41) is 12.7. The van der Waals surface area contributed by atoms with Gasteiger partial charge in [0.15, 0.2) is 5.13 Å². The molecule has 0 bridgehead atoms. The Kier molecular flexibility index (Phi) is 9.11. The Morgan fingerprint density at radius 2 is 1.97 bits per heavy atom. The number of halogens is 1. The van der Waals surface area contributed by atoms with Gasteiger partial charge in [-0.3, -0.25) is 0 Å². The number of nitrogens with zero attached hydrogens (tertiary/aromatic N) is 3. The number of carbonyl (C=O) groups is 1. The quantitative estimate of drug-likeness (QED) is 0.301. The van der Waals surface area contributed by atoms with Gasteiger partial charge in [-0.15, -0.1) is 0 Å². The molecular formula is C23H30FN7O2S. The molecule has 0 saturated carbocycles. The van der Waals surface area contributed by atoms with Crippen LogP contribution in [0.1, 0.15) is 26.3 Å². The van der Waals surface area contributed by atoms with Gasteiger partial charge in [-0.25, -0.2) is 24.1 Å². The second-order valence-corrected chi connectivity index (χ2v) is 8.76. The largest absolute Gasteiger partial charge is 0.383 e. The van der Waals surface area contributed by atoms with Crippen LogP contribution in [0.25, 0.3) is 21.8 Å². The molecule has 0 aliphatic rings. The summed E-state index contributed by atoms with van der Waals surface area (Å²) in [6.45, 7) is 7.58. The summed E-state index contributed by atoms with van der Waals surface area (Å²) < 4.78 is 19.2. The molecule has 34 heavy (non-hydrogen) atoms. The first-order chi connectivity index (χ1) is 16.4. The number of methoxy groups -OCH3 is 1. The first-order valence-corrected chi connectivity index (χ1v) is 11.9. The predicted octanol–water partition coefficient (Wildman–Crippen LogP) is 4.10. The van der Waals surface area contributed by atoms with Gasteiger partial charge in [0.05, 0.1) is 22.9 Å². The van der Waals surface area contributed by atoms with Crippen LogP contribution in [-0.2, 0) is 11.3 Å². The first-order valence-electron chi connectivity index (χ1n) is 11.0. The van der Waals surface area contributed by atoms with Gasteiger partial charge in [0, 0.05) is 44.5 Å². The molecule has 3 rings (SSSR count). The number of carbonyl (C=O) groups excluding carboxylic acids is 1. The second kappa shape index (κ2) is 12.2. The van der Waals surface area contributed by atoms with E-state index in [0.29, 0.717) is 48.2 Å². The average Bonchev–Trinajstić information content (AvgIpc) is 3.26. The van der Waals surface area contributed by atoms with Gasteiger partial charge in [0.25, 0.3) is 0 Å². The third-order valence-electron chi connectivity index (χ3n) is 4.61. The normalized spacial score (nSPS) is 10.9. The van der Waals surface area contributed by atoms with E-state index >= 15 is 0 Å². The molecule has 3 aromatic rings. The van der Waals surface area contributed by atoms with Gasteiger partial charge < -0.3 is 26.0 Å². The highest BCUT2D eigenvalue weighted by atomic mass is 32.1. The van der Waals surface area contributed by atoms with Crippen molar-refractivity contribution in [3.8, 4) is 21.8 Å². The van der Waals surface area contributed by atoms with E-state index in [1.54, 1.807) is 19.4 Å². The zero-order valence-electron chi connectivity index (χ0n) is 19.7. The van der Waals surface area contributed by atoms with Crippen molar-refractivity contribution in [1.29, 1.82) is 0 Å². The molecule has 0 fully saturated rings. The van der Waals surface area contributed by atoms with Crippen LogP contribution >= 0.6 is 11.3 Å². The number of hydrogen-bond donors (Lipinski definition) is 4. The van der Waals surface area contributed by atoms with Crippen LogP contribution in [0, 0.1) is 5.82 Å². The molecule has 2 amide bonds. The standard InChI is InChI=1S/C23H30FN7O2S/c1-5-25-22(32)27-12-15-10-16(24)6-7-17(15)18-11-19(31-21(30-18)26-8-9-33-4)20-13-28-23(34-20)29-14(2)3/h6-7,10-11,13-14H,5,8-9,12H2,1-4H3,(H,28,29)(H2,25,27,32)(H,26,30,31). The lowest BCUT2D eigenvalue weighted by Gasteiger charge is -2.13. The summed E-state index contributed by atoms with van der Waals surface area (Å²) >= 11 is 1.49. The van der Waals surface area contributed by atoms with Crippen LogP contribution in [0.5, 0.6) is 0 Å². The van der Waals surface area contributed by atoms with Crippen LogP contribution in [0.15, 0.2) is 30.5 Å². The van der Waals surface area contributed by atoms with E-state index in [1.165, 1.54) is 23.5 Å². The highest BCUT2D eigenvalue weighted by molar-refractivity contribution is 7.18. The van der Waals surface area contributed by atoms with E-state index in [9.17, 15) is 9.18 Å². The van der Waals surface area contributed by atoms with Gasteiger partial charge in [0.2, 0.25) is 5.95 Å². The molecule has 4 N–H and O–H groups in total. The molecule has 0 aliphatic carbocycles. The Labute approximate surface area is 202 Å². The fourth-order valence-corrected chi connectivity index (χ4v) is 4.04. The minimum absolute atomic E-state index is 0.147. The maximum atomic E-state index is 14.1. The van der Waals surface area contributed by atoms with Gasteiger partial charge in [-0.1, -0.05) is 11.3 Å². The molecule has 9 nitrogen and oxygen atoms in total. The average molecular weight is 488 g/mol. The summed E-state index contributed by atoms with van der Waals surface area (Å²) in [5.74, 6) is 0.0271. The number of urea groups is 1. The smallest absolute Gasteiger partial charge is 0.315 e. The van der Waals surface area contributed by atoms with Crippen LogP contribution < -0.4 is 21.3 Å². The molecule has 0 spiro atoms. The number of ether oxygens (including phenoxy) is 1. The van der Waals surface area contributed by atoms with E-state index in [1.807, 2.05) is 26.8 Å². The van der Waals surface area contributed by atoms with Crippen molar-refractivity contribution < 1.29 is 13.9 Å². The van der Waals surface area contributed by atoms with Crippen LogP contribution in [0.3, 0.4) is 0 Å². The van der Waals surface area contributed by atoms with E-state index in [2.05, 4.69) is 36.2 Å². The number of thiazole rings is 1. The van der Waals surface area contributed by atoms with Crippen LogP contribution in [0.4, 0.5) is 20.3 Å². The maximum Gasteiger partial charge on any atom is 0.315 e. The number of nitrogens with one attached hydrogen (secondary N) is 4. The molecule has 0 aliphatic heterocycles. The highest BCUT2D eigenvalue weighted by Crippen LogP contribution is 2.32.